The molecule has 0 saturated carbocycles. The molecule has 1 aliphatic rings. The Labute approximate surface area is 140 Å². The number of hydrogen-bond donors (Lipinski definition) is 1. The summed E-state index contributed by atoms with van der Waals surface area (Å²) in [7, 11) is 0. The van der Waals surface area contributed by atoms with E-state index in [2.05, 4.69) is 5.32 Å². The van der Waals surface area contributed by atoms with Crippen LogP contribution in [0.1, 0.15) is 34.8 Å². The Morgan fingerprint density at radius 3 is 2.50 bits per heavy atom. The van der Waals surface area contributed by atoms with Crippen LogP contribution in [-0.2, 0) is 4.79 Å². The summed E-state index contributed by atoms with van der Waals surface area (Å²) in [5.74, 6) is -0.941. The van der Waals surface area contributed by atoms with Gasteiger partial charge in [0.25, 0.3) is 5.91 Å². The molecule has 1 atom stereocenters. The largest absolute Gasteiger partial charge is 0.343 e. The van der Waals surface area contributed by atoms with Crippen LogP contribution in [0.4, 0.5) is 4.39 Å². The molecule has 1 heterocycles. The summed E-state index contributed by atoms with van der Waals surface area (Å²) in [4.78, 5) is 26.1. The zero-order valence-electron chi connectivity index (χ0n) is 13.2. The van der Waals surface area contributed by atoms with E-state index < -0.39 is 11.7 Å². The summed E-state index contributed by atoms with van der Waals surface area (Å²) in [6.07, 6.45) is 1.38. The third-order valence-corrected chi connectivity index (χ3v) is 4.20. The van der Waals surface area contributed by atoms with Crippen molar-refractivity contribution in [3.05, 3.63) is 71.5 Å². The van der Waals surface area contributed by atoms with Crippen LogP contribution in [0.15, 0.2) is 54.6 Å². The van der Waals surface area contributed by atoms with Crippen LogP contribution in [-0.4, -0.2) is 29.8 Å². The Kier molecular flexibility index (Phi) is 4.89. The third-order valence-electron chi connectivity index (χ3n) is 4.20. The number of carbonyl (C=O) groups excluding carboxylic acids is 2. The van der Waals surface area contributed by atoms with Crippen molar-refractivity contribution in [1.29, 1.82) is 0 Å². The monoisotopic (exact) mass is 326 g/mol. The van der Waals surface area contributed by atoms with Gasteiger partial charge in [-0.15, -0.1) is 0 Å². The highest BCUT2D eigenvalue weighted by Crippen LogP contribution is 2.19. The number of benzene rings is 2. The van der Waals surface area contributed by atoms with E-state index in [1.54, 1.807) is 17.0 Å². The highest BCUT2D eigenvalue weighted by atomic mass is 19.1. The lowest BCUT2D eigenvalue weighted by atomic mass is 10.1. The van der Waals surface area contributed by atoms with Gasteiger partial charge in [-0.1, -0.05) is 42.5 Å². The first-order valence-corrected chi connectivity index (χ1v) is 8.03. The predicted molar refractivity (Wildman–Crippen MR) is 88.9 cm³/mol. The second kappa shape index (κ2) is 7.25. The molecule has 1 unspecified atom stereocenters. The second-order valence-corrected chi connectivity index (χ2v) is 5.86. The summed E-state index contributed by atoms with van der Waals surface area (Å²) in [6.45, 7) is 1.08. The molecule has 2 amide bonds. The molecular formula is C19H19FN2O2. The van der Waals surface area contributed by atoms with Gasteiger partial charge in [-0.3, -0.25) is 9.59 Å². The molecule has 124 valence electrons. The minimum atomic E-state index is -0.556. The normalized spacial score (nSPS) is 15.4. The quantitative estimate of drug-likeness (QED) is 0.918. The summed E-state index contributed by atoms with van der Waals surface area (Å²) in [6, 6.07) is 14.9. The molecule has 0 aromatic heterocycles. The standard InChI is InChI=1S/C19H19FN2O2/c20-16-10-5-4-9-15(16)19(24)21-17(14-7-2-1-3-8-14)13-22-12-6-11-18(22)23/h1-5,7-10,17H,6,11-13H2,(H,21,24). The van der Waals surface area contributed by atoms with E-state index in [1.165, 1.54) is 12.1 Å². The van der Waals surface area contributed by atoms with Gasteiger partial charge in [0.1, 0.15) is 5.82 Å². The van der Waals surface area contributed by atoms with E-state index in [-0.39, 0.29) is 17.5 Å². The third kappa shape index (κ3) is 3.62. The Bertz CT molecular complexity index is 733. The molecule has 5 heteroatoms. The number of nitrogens with one attached hydrogen (secondary N) is 1. The van der Waals surface area contributed by atoms with E-state index in [4.69, 9.17) is 0 Å². The van der Waals surface area contributed by atoms with Crippen molar-refractivity contribution in [2.24, 2.45) is 0 Å². The van der Waals surface area contributed by atoms with Crippen LogP contribution in [0, 0.1) is 5.82 Å². The van der Waals surface area contributed by atoms with Gasteiger partial charge in [-0.05, 0) is 24.1 Å². The summed E-state index contributed by atoms with van der Waals surface area (Å²) in [5.41, 5.74) is 0.896. The first-order valence-electron chi connectivity index (χ1n) is 8.03. The second-order valence-electron chi connectivity index (χ2n) is 5.86. The molecule has 3 rings (SSSR count). The van der Waals surface area contributed by atoms with Crippen LogP contribution in [0.25, 0.3) is 0 Å². The van der Waals surface area contributed by atoms with Gasteiger partial charge < -0.3 is 10.2 Å². The summed E-state index contributed by atoms with van der Waals surface area (Å²) in [5, 5.41) is 2.87. The number of halogens is 1. The fourth-order valence-corrected chi connectivity index (χ4v) is 2.92. The van der Waals surface area contributed by atoms with Crippen molar-refractivity contribution in [1.82, 2.24) is 10.2 Å². The number of likely N-dealkylation sites (tertiary alicyclic amines) is 1. The van der Waals surface area contributed by atoms with E-state index in [0.29, 0.717) is 19.5 Å². The maximum absolute atomic E-state index is 13.8. The number of nitrogens with zero attached hydrogens (tertiary/aromatic N) is 1. The van der Waals surface area contributed by atoms with Gasteiger partial charge in [0.05, 0.1) is 11.6 Å². The van der Waals surface area contributed by atoms with Gasteiger partial charge in [-0.2, -0.15) is 0 Å². The fourth-order valence-electron chi connectivity index (χ4n) is 2.92. The Balaban J connectivity index is 1.81. The first-order chi connectivity index (χ1) is 11.6. The molecule has 0 radical (unpaired) electrons. The number of carbonyl (C=O) groups is 2. The minimum Gasteiger partial charge on any atom is -0.343 e. The molecule has 1 aliphatic heterocycles. The van der Waals surface area contributed by atoms with E-state index >= 15 is 0 Å². The SMILES string of the molecule is O=C(NC(CN1CCCC1=O)c1ccccc1)c1ccccc1F. The molecule has 2 aromatic carbocycles. The van der Waals surface area contributed by atoms with Crippen LogP contribution >= 0.6 is 0 Å². The molecule has 1 fully saturated rings. The van der Waals surface area contributed by atoms with Crippen molar-refractivity contribution in [2.45, 2.75) is 18.9 Å². The summed E-state index contributed by atoms with van der Waals surface area (Å²) >= 11 is 0. The highest BCUT2D eigenvalue weighted by Gasteiger charge is 2.26. The maximum Gasteiger partial charge on any atom is 0.254 e. The number of amides is 2. The zero-order valence-corrected chi connectivity index (χ0v) is 13.2. The number of hydrogen-bond acceptors (Lipinski definition) is 2. The van der Waals surface area contributed by atoms with Crippen molar-refractivity contribution < 1.29 is 14.0 Å². The number of rotatable bonds is 5. The van der Waals surface area contributed by atoms with Gasteiger partial charge in [0, 0.05) is 19.5 Å². The topological polar surface area (TPSA) is 49.4 Å². The van der Waals surface area contributed by atoms with E-state index in [9.17, 15) is 14.0 Å². The molecule has 0 aliphatic carbocycles. The minimum absolute atomic E-state index is 0.00572. The van der Waals surface area contributed by atoms with Crippen molar-refractivity contribution >= 4 is 11.8 Å². The zero-order chi connectivity index (χ0) is 16.9. The van der Waals surface area contributed by atoms with E-state index in [1.807, 2.05) is 30.3 Å². The van der Waals surface area contributed by atoms with Crippen LogP contribution in [0.2, 0.25) is 0 Å². The maximum atomic E-state index is 13.8. The average Bonchev–Trinajstić information content (AvgIpc) is 3.00. The Morgan fingerprint density at radius 1 is 1.12 bits per heavy atom. The van der Waals surface area contributed by atoms with Crippen LogP contribution < -0.4 is 5.32 Å². The van der Waals surface area contributed by atoms with E-state index in [0.717, 1.165) is 12.0 Å². The fraction of sp³-hybridized carbons (Fsp3) is 0.263. The van der Waals surface area contributed by atoms with Crippen LogP contribution in [0.5, 0.6) is 0 Å². The first kappa shape index (κ1) is 16.2. The molecule has 0 bridgehead atoms. The molecule has 1 N–H and O–H groups in total. The lowest BCUT2D eigenvalue weighted by Gasteiger charge is -2.25. The smallest absolute Gasteiger partial charge is 0.254 e. The highest BCUT2D eigenvalue weighted by molar-refractivity contribution is 5.94. The Morgan fingerprint density at radius 2 is 1.83 bits per heavy atom. The molecule has 1 saturated heterocycles. The molecule has 2 aromatic rings. The van der Waals surface area contributed by atoms with Gasteiger partial charge in [-0.25, -0.2) is 4.39 Å². The van der Waals surface area contributed by atoms with Gasteiger partial charge in [0.15, 0.2) is 0 Å². The van der Waals surface area contributed by atoms with Crippen molar-refractivity contribution in [3.8, 4) is 0 Å². The van der Waals surface area contributed by atoms with Crippen molar-refractivity contribution in [2.75, 3.05) is 13.1 Å². The Hall–Kier alpha value is -2.69. The average molecular weight is 326 g/mol. The van der Waals surface area contributed by atoms with Gasteiger partial charge >= 0.3 is 0 Å². The lowest BCUT2D eigenvalue weighted by molar-refractivity contribution is -0.128. The molecule has 4 nitrogen and oxygen atoms in total. The van der Waals surface area contributed by atoms with Gasteiger partial charge in [0.2, 0.25) is 5.91 Å². The molecule has 0 spiro atoms. The summed E-state index contributed by atoms with van der Waals surface area (Å²) < 4.78 is 13.8. The molecule has 24 heavy (non-hydrogen) atoms. The predicted octanol–water partition coefficient (Wildman–Crippen LogP) is 2.92. The lowest BCUT2D eigenvalue weighted by Crippen LogP contribution is -2.38. The molecular weight excluding hydrogens is 307 g/mol. The van der Waals surface area contributed by atoms with Crippen molar-refractivity contribution in [3.63, 3.8) is 0 Å². The van der Waals surface area contributed by atoms with Crippen LogP contribution in [0.3, 0.4) is 0 Å².